The second-order valence-electron chi connectivity index (χ2n) is 3.77. The number of rotatable bonds is 2. The zero-order valence-electron chi connectivity index (χ0n) is 9.56. The van der Waals surface area contributed by atoms with Crippen LogP contribution in [0.25, 0.3) is 5.69 Å². The first kappa shape index (κ1) is 10.5. The quantitative estimate of drug-likeness (QED) is 0.720. The van der Waals surface area contributed by atoms with Crippen LogP contribution in [0, 0.1) is 20.8 Å². The van der Waals surface area contributed by atoms with Crippen LogP contribution in [0.4, 0.5) is 0 Å². The first-order valence-electron chi connectivity index (χ1n) is 5.08. The van der Waals surface area contributed by atoms with Crippen molar-refractivity contribution in [1.82, 2.24) is 14.8 Å². The number of hydrogen-bond donors (Lipinski definition) is 0. The van der Waals surface area contributed by atoms with Crippen molar-refractivity contribution in [2.24, 2.45) is 0 Å². The van der Waals surface area contributed by atoms with Crippen LogP contribution in [0.15, 0.2) is 18.3 Å². The molecule has 4 heteroatoms. The summed E-state index contributed by atoms with van der Waals surface area (Å²) in [4.78, 5) is 14.5. The van der Waals surface area contributed by atoms with E-state index in [2.05, 4.69) is 10.1 Å². The highest BCUT2D eigenvalue weighted by Gasteiger charge is 2.08. The molecule has 0 unspecified atom stereocenters. The maximum atomic E-state index is 10.5. The third kappa shape index (κ3) is 1.62. The van der Waals surface area contributed by atoms with Gasteiger partial charge in [0.25, 0.3) is 0 Å². The van der Waals surface area contributed by atoms with E-state index < -0.39 is 0 Å². The Labute approximate surface area is 93.9 Å². The summed E-state index contributed by atoms with van der Waals surface area (Å²) in [6.07, 6.45) is 2.39. The van der Waals surface area contributed by atoms with Crippen molar-refractivity contribution >= 4 is 6.29 Å². The van der Waals surface area contributed by atoms with Crippen molar-refractivity contribution in [3.05, 3.63) is 41.0 Å². The molecule has 2 aromatic rings. The van der Waals surface area contributed by atoms with E-state index in [0.717, 1.165) is 23.4 Å². The molecule has 0 spiro atoms. The van der Waals surface area contributed by atoms with Gasteiger partial charge in [0.2, 0.25) is 0 Å². The second-order valence-corrected chi connectivity index (χ2v) is 3.77. The molecule has 82 valence electrons. The van der Waals surface area contributed by atoms with Crippen LogP contribution in [-0.4, -0.2) is 21.1 Å². The minimum atomic E-state index is 0.432. The van der Waals surface area contributed by atoms with Crippen molar-refractivity contribution in [3.8, 4) is 5.69 Å². The summed E-state index contributed by atoms with van der Waals surface area (Å²) in [7, 11) is 0. The summed E-state index contributed by atoms with van der Waals surface area (Å²) in [5.74, 6) is 0. The van der Waals surface area contributed by atoms with E-state index >= 15 is 0 Å². The average molecular weight is 215 g/mol. The fourth-order valence-electron chi connectivity index (χ4n) is 1.56. The van der Waals surface area contributed by atoms with Gasteiger partial charge in [0, 0.05) is 5.69 Å². The van der Waals surface area contributed by atoms with Crippen molar-refractivity contribution in [1.29, 1.82) is 0 Å². The Kier molecular flexibility index (Phi) is 2.56. The number of aromatic nitrogens is 3. The van der Waals surface area contributed by atoms with Gasteiger partial charge < -0.3 is 0 Å². The molecule has 0 radical (unpaired) electrons. The molecule has 0 aromatic carbocycles. The summed E-state index contributed by atoms with van der Waals surface area (Å²) >= 11 is 0. The lowest BCUT2D eigenvalue weighted by Gasteiger charge is -2.03. The van der Waals surface area contributed by atoms with Gasteiger partial charge in [-0.15, -0.1) is 0 Å². The first-order chi connectivity index (χ1) is 7.63. The minimum Gasteiger partial charge on any atom is -0.296 e. The lowest BCUT2D eigenvalue weighted by atomic mass is 10.2. The average Bonchev–Trinajstić information content (AvgIpc) is 2.57. The molecule has 0 bridgehead atoms. The van der Waals surface area contributed by atoms with Crippen LogP contribution in [0.1, 0.15) is 27.4 Å². The smallest absolute Gasteiger partial charge is 0.168 e. The highest BCUT2D eigenvalue weighted by Crippen LogP contribution is 2.15. The van der Waals surface area contributed by atoms with Crippen LogP contribution in [0.2, 0.25) is 0 Å². The molecule has 0 aliphatic rings. The summed E-state index contributed by atoms with van der Waals surface area (Å²) in [6.45, 7) is 6.04. The SMILES string of the molecule is Cc1nn(-c2ccc(C=O)nc2)c(C)c1C. The third-order valence-electron chi connectivity index (χ3n) is 2.79. The molecule has 0 atom stereocenters. The number of aryl methyl sites for hydroxylation is 1. The Bertz CT molecular complexity index is 526. The zero-order valence-corrected chi connectivity index (χ0v) is 9.56. The molecule has 16 heavy (non-hydrogen) atoms. The molecule has 0 saturated heterocycles. The van der Waals surface area contributed by atoms with Crippen LogP contribution in [0.3, 0.4) is 0 Å². The van der Waals surface area contributed by atoms with E-state index in [1.54, 1.807) is 12.3 Å². The van der Waals surface area contributed by atoms with Gasteiger partial charge in [0.1, 0.15) is 5.69 Å². The van der Waals surface area contributed by atoms with E-state index in [0.29, 0.717) is 5.69 Å². The van der Waals surface area contributed by atoms with E-state index in [4.69, 9.17) is 0 Å². The van der Waals surface area contributed by atoms with Crippen molar-refractivity contribution in [3.63, 3.8) is 0 Å². The Hall–Kier alpha value is -1.97. The summed E-state index contributed by atoms with van der Waals surface area (Å²) in [5, 5.41) is 4.42. The number of carbonyl (C=O) groups is 1. The molecule has 0 amide bonds. The highest BCUT2D eigenvalue weighted by molar-refractivity contribution is 5.71. The fourth-order valence-corrected chi connectivity index (χ4v) is 1.56. The third-order valence-corrected chi connectivity index (χ3v) is 2.79. The highest BCUT2D eigenvalue weighted by atomic mass is 16.1. The molecule has 0 aliphatic heterocycles. The summed E-state index contributed by atoms with van der Waals surface area (Å²) < 4.78 is 1.84. The maximum Gasteiger partial charge on any atom is 0.168 e. The lowest BCUT2D eigenvalue weighted by molar-refractivity contribution is 0.111. The Morgan fingerprint density at radius 3 is 2.44 bits per heavy atom. The monoisotopic (exact) mass is 215 g/mol. The molecular weight excluding hydrogens is 202 g/mol. The van der Waals surface area contributed by atoms with Gasteiger partial charge in [-0.25, -0.2) is 4.68 Å². The lowest BCUT2D eigenvalue weighted by Crippen LogP contribution is -2.00. The topological polar surface area (TPSA) is 47.8 Å². The largest absolute Gasteiger partial charge is 0.296 e. The Morgan fingerprint density at radius 1 is 1.25 bits per heavy atom. The minimum absolute atomic E-state index is 0.432. The van der Waals surface area contributed by atoms with Crippen LogP contribution in [-0.2, 0) is 0 Å². The Morgan fingerprint density at radius 2 is 2.00 bits per heavy atom. The molecule has 0 saturated carbocycles. The first-order valence-corrected chi connectivity index (χ1v) is 5.08. The molecule has 2 rings (SSSR count). The predicted molar refractivity (Wildman–Crippen MR) is 61.0 cm³/mol. The predicted octanol–water partition coefficient (Wildman–Crippen LogP) is 2.01. The van der Waals surface area contributed by atoms with Gasteiger partial charge in [0.05, 0.1) is 17.6 Å². The molecule has 2 heterocycles. The number of carbonyl (C=O) groups excluding carboxylic acids is 1. The van der Waals surface area contributed by atoms with E-state index in [1.807, 2.05) is 31.5 Å². The number of nitrogens with zero attached hydrogens (tertiary/aromatic N) is 3. The van der Waals surface area contributed by atoms with E-state index in [-0.39, 0.29) is 0 Å². The fraction of sp³-hybridized carbons (Fsp3) is 0.250. The van der Waals surface area contributed by atoms with E-state index in [1.165, 1.54) is 5.56 Å². The summed E-state index contributed by atoms with van der Waals surface area (Å²) in [5.41, 5.74) is 4.59. The Balaban J connectivity index is 2.50. The zero-order chi connectivity index (χ0) is 11.7. The van der Waals surface area contributed by atoms with Gasteiger partial charge in [-0.05, 0) is 38.5 Å². The van der Waals surface area contributed by atoms with Crippen LogP contribution < -0.4 is 0 Å². The molecular formula is C12H13N3O. The second kappa shape index (κ2) is 3.89. The molecule has 0 N–H and O–H groups in total. The number of aldehydes is 1. The molecule has 0 fully saturated rings. The maximum absolute atomic E-state index is 10.5. The summed E-state index contributed by atoms with van der Waals surface area (Å²) in [6, 6.07) is 3.53. The normalized spacial score (nSPS) is 10.4. The molecule has 4 nitrogen and oxygen atoms in total. The van der Waals surface area contributed by atoms with E-state index in [9.17, 15) is 4.79 Å². The van der Waals surface area contributed by atoms with Crippen LogP contribution >= 0.6 is 0 Å². The van der Waals surface area contributed by atoms with Crippen molar-refractivity contribution < 1.29 is 4.79 Å². The van der Waals surface area contributed by atoms with Crippen LogP contribution in [0.5, 0.6) is 0 Å². The van der Waals surface area contributed by atoms with Gasteiger partial charge >= 0.3 is 0 Å². The van der Waals surface area contributed by atoms with Gasteiger partial charge in [-0.1, -0.05) is 0 Å². The standard InChI is InChI=1S/C12H13N3O/c1-8-9(2)14-15(10(8)3)12-5-4-11(7-16)13-6-12/h4-7H,1-3H3. The number of pyridine rings is 1. The molecule has 2 aromatic heterocycles. The van der Waals surface area contributed by atoms with Gasteiger partial charge in [0.15, 0.2) is 6.29 Å². The van der Waals surface area contributed by atoms with Crippen molar-refractivity contribution in [2.75, 3.05) is 0 Å². The number of hydrogen-bond acceptors (Lipinski definition) is 3. The van der Waals surface area contributed by atoms with Gasteiger partial charge in [-0.2, -0.15) is 5.10 Å². The molecule has 0 aliphatic carbocycles. The van der Waals surface area contributed by atoms with Crippen molar-refractivity contribution in [2.45, 2.75) is 20.8 Å². The van der Waals surface area contributed by atoms with Gasteiger partial charge in [-0.3, -0.25) is 9.78 Å².